The quantitative estimate of drug-likeness (QED) is 0.883. The summed E-state index contributed by atoms with van der Waals surface area (Å²) in [5, 5.41) is 0. The van der Waals surface area contributed by atoms with E-state index >= 15 is 0 Å². The summed E-state index contributed by atoms with van der Waals surface area (Å²) in [4.78, 5) is 0. The molecule has 0 aliphatic heterocycles. The number of halogens is 1. The van der Waals surface area contributed by atoms with Crippen LogP contribution in [0.2, 0.25) is 0 Å². The summed E-state index contributed by atoms with van der Waals surface area (Å²) in [7, 11) is 0. The summed E-state index contributed by atoms with van der Waals surface area (Å²) in [6.07, 6.45) is 6.36. The topological polar surface area (TPSA) is 35.2 Å². The molecule has 1 aromatic carbocycles. The van der Waals surface area contributed by atoms with Crippen LogP contribution >= 0.6 is 0 Å². The maximum atomic E-state index is 13.7. The third-order valence-corrected chi connectivity index (χ3v) is 3.67. The predicted molar refractivity (Wildman–Crippen MR) is 71.1 cm³/mol. The average molecular weight is 251 g/mol. The van der Waals surface area contributed by atoms with Crippen LogP contribution < -0.4 is 10.5 Å². The molecule has 1 aliphatic carbocycles. The molecular formula is C15H22FNO. The third kappa shape index (κ3) is 3.22. The van der Waals surface area contributed by atoms with Crippen molar-refractivity contribution in [2.45, 2.75) is 45.1 Å². The van der Waals surface area contributed by atoms with Crippen molar-refractivity contribution in [3.8, 4) is 5.75 Å². The van der Waals surface area contributed by atoms with Crippen LogP contribution in [0.4, 0.5) is 4.39 Å². The van der Waals surface area contributed by atoms with Gasteiger partial charge in [0.1, 0.15) is 11.6 Å². The Morgan fingerprint density at radius 1 is 1.33 bits per heavy atom. The predicted octanol–water partition coefficient (Wildman–Crippen LogP) is 3.80. The third-order valence-electron chi connectivity index (χ3n) is 3.67. The van der Waals surface area contributed by atoms with Gasteiger partial charge in [-0.15, -0.1) is 0 Å². The summed E-state index contributed by atoms with van der Waals surface area (Å²) in [5.74, 6) is 0.949. The molecule has 0 saturated heterocycles. The molecule has 3 heteroatoms. The van der Waals surface area contributed by atoms with E-state index in [4.69, 9.17) is 10.5 Å². The molecule has 1 atom stereocenters. The molecular weight excluding hydrogens is 229 g/mol. The molecule has 0 radical (unpaired) electrons. The minimum Gasteiger partial charge on any atom is -0.493 e. The standard InChI is InChI=1S/C15H22FNO/c1-11(17)15-13(16)8-5-9-14(15)18-10-12-6-3-2-4-7-12/h5,8-9,11-12H,2-4,6-7,10,17H2,1H3. The SMILES string of the molecule is CC(N)c1c(F)cccc1OCC1CCCCC1. The van der Waals surface area contributed by atoms with Crippen LogP contribution in [0.5, 0.6) is 5.75 Å². The number of rotatable bonds is 4. The second-order valence-electron chi connectivity index (χ2n) is 5.26. The second kappa shape index (κ2) is 6.19. The first-order chi connectivity index (χ1) is 8.68. The van der Waals surface area contributed by atoms with Gasteiger partial charge in [-0.1, -0.05) is 25.3 Å². The highest BCUT2D eigenvalue weighted by Gasteiger charge is 2.17. The van der Waals surface area contributed by atoms with Gasteiger partial charge in [-0.3, -0.25) is 0 Å². The minimum atomic E-state index is -0.340. The molecule has 0 amide bonds. The second-order valence-corrected chi connectivity index (χ2v) is 5.26. The van der Waals surface area contributed by atoms with E-state index in [1.54, 1.807) is 13.0 Å². The number of benzene rings is 1. The van der Waals surface area contributed by atoms with Crippen LogP contribution in [-0.2, 0) is 0 Å². The van der Waals surface area contributed by atoms with E-state index in [0.29, 0.717) is 23.8 Å². The molecule has 2 nitrogen and oxygen atoms in total. The molecule has 100 valence electrons. The Kier molecular flexibility index (Phi) is 4.59. The van der Waals surface area contributed by atoms with E-state index < -0.39 is 0 Å². The van der Waals surface area contributed by atoms with E-state index in [1.165, 1.54) is 38.2 Å². The van der Waals surface area contributed by atoms with Gasteiger partial charge in [0.25, 0.3) is 0 Å². The van der Waals surface area contributed by atoms with E-state index in [-0.39, 0.29) is 11.9 Å². The summed E-state index contributed by atoms with van der Waals surface area (Å²) in [6.45, 7) is 2.47. The lowest BCUT2D eigenvalue weighted by Crippen LogP contribution is -2.17. The fraction of sp³-hybridized carbons (Fsp3) is 0.600. The Labute approximate surface area is 108 Å². The monoisotopic (exact) mass is 251 g/mol. The molecule has 0 aromatic heterocycles. The van der Waals surface area contributed by atoms with Gasteiger partial charge in [-0.05, 0) is 37.8 Å². The van der Waals surface area contributed by atoms with Crippen molar-refractivity contribution >= 4 is 0 Å². The molecule has 0 spiro atoms. The Morgan fingerprint density at radius 2 is 2.06 bits per heavy atom. The molecule has 1 fully saturated rings. The number of hydrogen-bond donors (Lipinski definition) is 1. The van der Waals surface area contributed by atoms with Gasteiger partial charge in [0, 0.05) is 11.6 Å². The first kappa shape index (κ1) is 13.3. The first-order valence-corrected chi connectivity index (χ1v) is 6.85. The molecule has 2 N–H and O–H groups in total. The van der Waals surface area contributed by atoms with Crippen molar-refractivity contribution in [3.05, 3.63) is 29.6 Å². The van der Waals surface area contributed by atoms with E-state index in [2.05, 4.69) is 0 Å². The average Bonchev–Trinajstić information content (AvgIpc) is 2.37. The Bertz CT molecular complexity index is 386. The smallest absolute Gasteiger partial charge is 0.131 e. The molecule has 1 saturated carbocycles. The molecule has 18 heavy (non-hydrogen) atoms. The Morgan fingerprint density at radius 3 is 2.72 bits per heavy atom. The summed E-state index contributed by atoms with van der Waals surface area (Å²) in [5.41, 5.74) is 6.30. The van der Waals surface area contributed by atoms with Crippen LogP contribution in [0, 0.1) is 11.7 Å². The fourth-order valence-corrected chi connectivity index (χ4v) is 2.65. The molecule has 1 aliphatic rings. The molecule has 0 heterocycles. The normalized spacial score (nSPS) is 18.6. The van der Waals surface area contributed by atoms with E-state index in [1.807, 2.05) is 6.07 Å². The summed E-state index contributed by atoms with van der Waals surface area (Å²) >= 11 is 0. The highest BCUT2D eigenvalue weighted by molar-refractivity contribution is 5.36. The van der Waals surface area contributed by atoms with Gasteiger partial charge in [0.05, 0.1) is 6.61 Å². The van der Waals surface area contributed by atoms with Crippen LogP contribution in [0.3, 0.4) is 0 Å². The zero-order valence-electron chi connectivity index (χ0n) is 11.0. The highest BCUT2D eigenvalue weighted by atomic mass is 19.1. The highest BCUT2D eigenvalue weighted by Crippen LogP contribution is 2.29. The lowest BCUT2D eigenvalue weighted by atomic mass is 9.90. The lowest BCUT2D eigenvalue weighted by molar-refractivity contribution is 0.206. The van der Waals surface area contributed by atoms with Gasteiger partial charge in [0.15, 0.2) is 0 Å². The van der Waals surface area contributed by atoms with Crippen molar-refractivity contribution in [1.82, 2.24) is 0 Å². The number of hydrogen-bond acceptors (Lipinski definition) is 2. The molecule has 2 rings (SSSR count). The zero-order valence-corrected chi connectivity index (χ0v) is 11.0. The number of nitrogens with two attached hydrogens (primary N) is 1. The van der Waals surface area contributed by atoms with Crippen molar-refractivity contribution in [2.24, 2.45) is 11.7 Å². The first-order valence-electron chi connectivity index (χ1n) is 6.85. The Hall–Kier alpha value is -1.09. The van der Waals surface area contributed by atoms with Crippen LogP contribution in [0.1, 0.15) is 50.6 Å². The zero-order chi connectivity index (χ0) is 13.0. The molecule has 1 unspecified atom stereocenters. The fourth-order valence-electron chi connectivity index (χ4n) is 2.65. The summed E-state index contributed by atoms with van der Waals surface area (Å²) in [6, 6.07) is 4.58. The van der Waals surface area contributed by atoms with Crippen LogP contribution in [0.25, 0.3) is 0 Å². The van der Waals surface area contributed by atoms with Crippen molar-refractivity contribution < 1.29 is 9.13 Å². The van der Waals surface area contributed by atoms with E-state index in [0.717, 1.165) is 0 Å². The van der Waals surface area contributed by atoms with Crippen molar-refractivity contribution in [1.29, 1.82) is 0 Å². The molecule has 0 bridgehead atoms. The molecule has 1 aromatic rings. The summed E-state index contributed by atoms with van der Waals surface area (Å²) < 4.78 is 19.5. The van der Waals surface area contributed by atoms with Crippen LogP contribution in [0.15, 0.2) is 18.2 Å². The van der Waals surface area contributed by atoms with Gasteiger partial charge in [-0.25, -0.2) is 4.39 Å². The van der Waals surface area contributed by atoms with Crippen molar-refractivity contribution in [3.63, 3.8) is 0 Å². The van der Waals surface area contributed by atoms with Gasteiger partial charge >= 0.3 is 0 Å². The largest absolute Gasteiger partial charge is 0.493 e. The van der Waals surface area contributed by atoms with Gasteiger partial charge in [0.2, 0.25) is 0 Å². The maximum Gasteiger partial charge on any atom is 0.131 e. The Balaban J connectivity index is 2.02. The maximum absolute atomic E-state index is 13.7. The van der Waals surface area contributed by atoms with E-state index in [9.17, 15) is 4.39 Å². The minimum absolute atomic E-state index is 0.272. The van der Waals surface area contributed by atoms with Gasteiger partial charge in [-0.2, -0.15) is 0 Å². The van der Waals surface area contributed by atoms with Gasteiger partial charge < -0.3 is 10.5 Å². The number of ether oxygens (including phenoxy) is 1. The van der Waals surface area contributed by atoms with Crippen LogP contribution in [-0.4, -0.2) is 6.61 Å². The lowest BCUT2D eigenvalue weighted by Gasteiger charge is -2.23. The van der Waals surface area contributed by atoms with Crippen molar-refractivity contribution in [2.75, 3.05) is 6.61 Å².